The van der Waals surface area contributed by atoms with Crippen LogP contribution >= 0.6 is 0 Å². The zero-order valence-electron chi connectivity index (χ0n) is 14.7. The number of rotatable bonds is 7. The molecule has 0 aliphatic heterocycles. The van der Waals surface area contributed by atoms with Gasteiger partial charge in [-0.2, -0.15) is 5.26 Å². The first-order valence-corrected chi connectivity index (χ1v) is 8.01. The number of hydrogen-bond acceptors (Lipinski definition) is 7. The number of nitro benzene ring substituents is 1. The maximum absolute atomic E-state index is 12.2. The number of hydrogen-bond donors (Lipinski definition) is 0. The minimum Gasteiger partial charge on any atom is -0.449 e. The van der Waals surface area contributed by atoms with Crippen LogP contribution in [0.4, 0.5) is 5.69 Å². The Morgan fingerprint density at radius 2 is 1.96 bits per heavy atom. The average molecular weight is 371 g/mol. The summed E-state index contributed by atoms with van der Waals surface area (Å²) in [6.07, 6.45) is -0.853. The molecule has 1 aromatic heterocycles. The van der Waals surface area contributed by atoms with Gasteiger partial charge in [0, 0.05) is 31.3 Å². The number of nitrogens with zero attached hydrogens (tertiary/aromatic N) is 3. The van der Waals surface area contributed by atoms with Crippen LogP contribution in [0.3, 0.4) is 0 Å². The van der Waals surface area contributed by atoms with Crippen molar-refractivity contribution in [2.24, 2.45) is 0 Å². The Labute approximate surface area is 154 Å². The highest BCUT2D eigenvalue weighted by Crippen LogP contribution is 2.25. The second kappa shape index (κ2) is 8.62. The number of likely N-dealkylation sites (N-methyl/N-ethyl adjacent to an activating group) is 1. The topological polar surface area (TPSA) is 127 Å². The van der Waals surface area contributed by atoms with Crippen LogP contribution < -0.4 is 0 Å². The molecule has 0 aliphatic rings. The zero-order chi connectivity index (χ0) is 20.0. The van der Waals surface area contributed by atoms with Crippen LogP contribution in [0, 0.1) is 21.4 Å². The van der Waals surface area contributed by atoms with E-state index in [-0.39, 0.29) is 24.4 Å². The minimum atomic E-state index is -1.03. The summed E-state index contributed by atoms with van der Waals surface area (Å²) in [5.41, 5.74) is 0.498. The van der Waals surface area contributed by atoms with Crippen molar-refractivity contribution in [2.75, 3.05) is 13.6 Å². The Bertz CT molecular complexity index is 881. The number of carbonyl (C=O) groups excluding carboxylic acids is 2. The van der Waals surface area contributed by atoms with Crippen molar-refractivity contribution in [1.82, 2.24) is 4.90 Å². The van der Waals surface area contributed by atoms with E-state index in [2.05, 4.69) is 0 Å². The predicted octanol–water partition coefficient (Wildman–Crippen LogP) is 2.77. The van der Waals surface area contributed by atoms with E-state index in [1.807, 2.05) is 6.07 Å². The van der Waals surface area contributed by atoms with Crippen LogP contribution in [0.5, 0.6) is 0 Å². The lowest BCUT2D eigenvalue weighted by Crippen LogP contribution is -2.37. The molecule has 0 aliphatic carbocycles. The third kappa shape index (κ3) is 4.92. The third-order valence-electron chi connectivity index (χ3n) is 3.74. The van der Waals surface area contributed by atoms with E-state index in [4.69, 9.17) is 14.4 Å². The molecule has 27 heavy (non-hydrogen) atoms. The zero-order valence-corrected chi connectivity index (χ0v) is 14.7. The smallest absolute Gasteiger partial charge is 0.375 e. The lowest BCUT2D eigenvalue weighted by atomic mass is 10.1. The summed E-state index contributed by atoms with van der Waals surface area (Å²) in [6.45, 7) is 1.67. The molecule has 1 amide bonds. The number of non-ortho nitro benzene ring substituents is 1. The molecule has 0 radical (unpaired) electrons. The number of carbonyl (C=O) groups is 2. The van der Waals surface area contributed by atoms with Crippen LogP contribution in [0.15, 0.2) is 40.8 Å². The molecule has 2 rings (SSSR count). The van der Waals surface area contributed by atoms with Gasteiger partial charge in [-0.1, -0.05) is 0 Å². The average Bonchev–Trinajstić information content (AvgIpc) is 3.15. The molecule has 9 heteroatoms. The van der Waals surface area contributed by atoms with Gasteiger partial charge in [-0.3, -0.25) is 14.9 Å². The van der Waals surface area contributed by atoms with Crippen LogP contribution in [-0.4, -0.2) is 41.4 Å². The molecule has 0 saturated carbocycles. The first-order chi connectivity index (χ1) is 12.8. The van der Waals surface area contributed by atoms with Crippen molar-refractivity contribution in [1.29, 1.82) is 5.26 Å². The van der Waals surface area contributed by atoms with E-state index >= 15 is 0 Å². The maximum Gasteiger partial charge on any atom is 0.375 e. The van der Waals surface area contributed by atoms with Crippen molar-refractivity contribution in [3.8, 4) is 17.4 Å². The molecule has 0 saturated heterocycles. The number of amides is 1. The van der Waals surface area contributed by atoms with Crippen molar-refractivity contribution in [3.05, 3.63) is 52.3 Å². The van der Waals surface area contributed by atoms with Crippen LogP contribution in [0.2, 0.25) is 0 Å². The fourth-order valence-corrected chi connectivity index (χ4v) is 2.26. The lowest BCUT2D eigenvalue weighted by molar-refractivity contribution is -0.384. The van der Waals surface area contributed by atoms with Gasteiger partial charge >= 0.3 is 5.97 Å². The standard InChI is InChI=1S/C18H17N3O6/c1-12(17(22)20(2)11-3-10-19)26-18(23)16-9-8-15(27-16)13-4-6-14(7-5-13)21(24)25/h4-9,12H,3,11H2,1-2H3/t12-/m0/s1. The minimum absolute atomic E-state index is 0.0576. The molecule has 0 bridgehead atoms. The monoisotopic (exact) mass is 371 g/mol. The van der Waals surface area contributed by atoms with Crippen molar-refractivity contribution >= 4 is 17.6 Å². The quantitative estimate of drug-likeness (QED) is 0.416. The summed E-state index contributed by atoms with van der Waals surface area (Å²) >= 11 is 0. The van der Waals surface area contributed by atoms with Gasteiger partial charge in [-0.25, -0.2) is 4.79 Å². The highest BCUT2D eigenvalue weighted by molar-refractivity contribution is 5.90. The van der Waals surface area contributed by atoms with E-state index in [9.17, 15) is 19.7 Å². The Kier molecular flexibility index (Phi) is 6.27. The molecule has 9 nitrogen and oxygen atoms in total. The number of esters is 1. The highest BCUT2D eigenvalue weighted by Gasteiger charge is 2.24. The summed E-state index contributed by atoms with van der Waals surface area (Å²) < 4.78 is 10.5. The van der Waals surface area contributed by atoms with Crippen LogP contribution in [-0.2, 0) is 9.53 Å². The molecule has 1 aromatic carbocycles. The fourth-order valence-electron chi connectivity index (χ4n) is 2.26. The molecule has 2 aromatic rings. The van der Waals surface area contributed by atoms with E-state index in [1.54, 1.807) is 0 Å². The van der Waals surface area contributed by atoms with Crippen molar-refractivity contribution in [3.63, 3.8) is 0 Å². The maximum atomic E-state index is 12.2. The van der Waals surface area contributed by atoms with Crippen molar-refractivity contribution < 1.29 is 23.7 Å². The van der Waals surface area contributed by atoms with Crippen molar-refractivity contribution in [2.45, 2.75) is 19.4 Å². The summed E-state index contributed by atoms with van der Waals surface area (Å²) in [6, 6.07) is 10.5. The summed E-state index contributed by atoms with van der Waals surface area (Å²) in [5, 5.41) is 19.2. The SMILES string of the molecule is C[C@H](OC(=O)c1ccc(-c2ccc([N+](=O)[O-])cc2)o1)C(=O)N(C)CCC#N. The van der Waals surface area contributed by atoms with Crippen LogP contribution in [0.1, 0.15) is 23.9 Å². The van der Waals surface area contributed by atoms with E-state index in [1.165, 1.54) is 55.3 Å². The van der Waals surface area contributed by atoms with Gasteiger partial charge in [0.2, 0.25) is 5.76 Å². The number of furan rings is 1. The van der Waals surface area contributed by atoms with E-state index in [0.29, 0.717) is 11.3 Å². The molecule has 140 valence electrons. The van der Waals surface area contributed by atoms with E-state index in [0.717, 1.165) is 0 Å². The summed E-state index contributed by atoms with van der Waals surface area (Å²) in [7, 11) is 1.52. The molecule has 1 heterocycles. The lowest BCUT2D eigenvalue weighted by Gasteiger charge is -2.20. The Balaban J connectivity index is 2.03. The first-order valence-electron chi connectivity index (χ1n) is 8.01. The molecule has 0 fully saturated rings. The summed E-state index contributed by atoms with van der Waals surface area (Å²) in [5.74, 6) is -0.997. The number of benzene rings is 1. The van der Waals surface area contributed by atoms with Gasteiger partial charge in [0.05, 0.1) is 17.4 Å². The largest absolute Gasteiger partial charge is 0.449 e. The molecule has 0 unspecified atom stereocenters. The number of ether oxygens (including phenoxy) is 1. The Morgan fingerprint density at radius 1 is 1.30 bits per heavy atom. The third-order valence-corrected chi connectivity index (χ3v) is 3.74. The van der Waals surface area contributed by atoms with Gasteiger partial charge in [-0.15, -0.1) is 0 Å². The fraction of sp³-hybridized carbons (Fsp3) is 0.278. The summed E-state index contributed by atoms with van der Waals surface area (Å²) in [4.78, 5) is 35.7. The highest BCUT2D eigenvalue weighted by atomic mass is 16.6. The van der Waals surface area contributed by atoms with Gasteiger partial charge in [0.25, 0.3) is 11.6 Å². The second-order valence-corrected chi connectivity index (χ2v) is 5.68. The number of nitriles is 1. The number of nitro groups is 1. The second-order valence-electron chi connectivity index (χ2n) is 5.68. The Hall–Kier alpha value is -3.67. The molecular formula is C18H17N3O6. The Morgan fingerprint density at radius 3 is 2.56 bits per heavy atom. The molecule has 1 atom stereocenters. The molecule has 0 N–H and O–H groups in total. The van der Waals surface area contributed by atoms with E-state index < -0.39 is 22.9 Å². The molecular weight excluding hydrogens is 354 g/mol. The first kappa shape index (κ1) is 19.7. The van der Waals surface area contributed by atoms with Crippen LogP contribution in [0.25, 0.3) is 11.3 Å². The molecule has 0 spiro atoms. The predicted molar refractivity (Wildman–Crippen MR) is 93.5 cm³/mol. The van der Waals surface area contributed by atoms with Gasteiger partial charge < -0.3 is 14.1 Å². The van der Waals surface area contributed by atoms with Gasteiger partial charge in [0.15, 0.2) is 6.10 Å². The van der Waals surface area contributed by atoms with Gasteiger partial charge in [-0.05, 0) is 31.2 Å². The normalized spacial score (nSPS) is 11.3. The van der Waals surface area contributed by atoms with Gasteiger partial charge in [0.1, 0.15) is 5.76 Å².